The van der Waals surface area contributed by atoms with Crippen molar-refractivity contribution in [2.75, 3.05) is 19.0 Å². The lowest BCUT2D eigenvalue weighted by molar-refractivity contribution is 0.304. The van der Waals surface area contributed by atoms with Gasteiger partial charge < -0.3 is 14.8 Å². The molecular formula is C17H23N3O2. The van der Waals surface area contributed by atoms with Crippen LogP contribution in [-0.4, -0.2) is 23.7 Å². The molecule has 1 heterocycles. The van der Waals surface area contributed by atoms with E-state index in [9.17, 15) is 0 Å². The molecule has 118 valence electrons. The lowest BCUT2D eigenvalue weighted by Gasteiger charge is -2.16. The summed E-state index contributed by atoms with van der Waals surface area (Å²) in [5.74, 6) is 2.92. The summed E-state index contributed by atoms with van der Waals surface area (Å²) < 4.78 is 10.8. The lowest BCUT2D eigenvalue weighted by Crippen LogP contribution is -2.09. The van der Waals surface area contributed by atoms with E-state index in [2.05, 4.69) is 29.1 Å². The van der Waals surface area contributed by atoms with Crippen molar-refractivity contribution >= 4 is 5.82 Å². The number of anilines is 1. The minimum Gasteiger partial charge on any atom is -0.497 e. The first kappa shape index (κ1) is 16.1. The Balaban J connectivity index is 2.09. The summed E-state index contributed by atoms with van der Waals surface area (Å²) in [7, 11) is 1.66. The molecular weight excluding hydrogens is 278 g/mol. The van der Waals surface area contributed by atoms with Gasteiger partial charge in [-0.15, -0.1) is 0 Å². The van der Waals surface area contributed by atoms with Crippen LogP contribution in [0, 0.1) is 6.92 Å². The van der Waals surface area contributed by atoms with Crippen molar-refractivity contribution in [1.29, 1.82) is 0 Å². The Morgan fingerprint density at radius 1 is 1.18 bits per heavy atom. The van der Waals surface area contributed by atoms with Crippen LogP contribution in [0.1, 0.15) is 37.7 Å². The molecule has 22 heavy (non-hydrogen) atoms. The zero-order valence-electron chi connectivity index (χ0n) is 13.6. The van der Waals surface area contributed by atoms with E-state index in [0.29, 0.717) is 18.3 Å². The van der Waals surface area contributed by atoms with Crippen molar-refractivity contribution in [2.45, 2.75) is 33.2 Å². The van der Waals surface area contributed by atoms with E-state index in [1.807, 2.05) is 37.3 Å². The largest absolute Gasteiger partial charge is 0.497 e. The summed E-state index contributed by atoms with van der Waals surface area (Å²) in [5, 5.41) is 3.38. The van der Waals surface area contributed by atoms with Crippen LogP contribution in [-0.2, 0) is 0 Å². The molecule has 5 nitrogen and oxygen atoms in total. The number of nitrogens with one attached hydrogen (secondary N) is 1. The Hall–Kier alpha value is -2.30. The van der Waals surface area contributed by atoms with Crippen molar-refractivity contribution in [3.8, 4) is 11.6 Å². The highest BCUT2D eigenvalue weighted by Gasteiger charge is 2.09. The van der Waals surface area contributed by atoms with Crippen LogP contribution < -0.4 is 14.8 Å². The molecule has 1 aromatic heterocycles. The van der Waals surface area contributed by atoms with E-state index < -0.39 is 0 Å². The molecule has 0 radical (unpaired) electrons. The quantitative estimate of drug-likeness (QED) is 0.844. The number of aryl methyl sites for hydroxylation is 1. The molecule has 1 N–H and O–H groups in total. The van der Waals surface area contributed by atoms with Gasteiger partial charge in [-0.1, -0.05) is 19.1 Å². The molecule has 0 saturated heterocycles. The molecule has 1 unspecified atom stereocenters. The molecule has 0 amide bonds. The zero-order chi connectivity index (χ0) is 15.9. The summed E-state index contributed by atoms with van der Waals surface area (Å²) in [6.45, 7) is 6.68. The summed E-state index contributed by atoms with van der Waals surface area (Å²) in [6.07, 6.45) is 0.952. The van der Waals surface area contributed by atoms with Crippen LogP contribution in [0.15, 0.2) is 30.3 Å². The monoisotopic (exact) mass is 301 g/mol. The van der Waals surface area contributed by atoms with Gasteiger partial charge in [0.2, 0.25) is 5.88 Å². The second-order valence-corrected chi connectivity index (χ2v) is 5.13. The van der Waals surface area contributed by atoms with Crippen LogP contribution in [0.4, 0.5) is 5.82 Å². The van der Waals surface area contributed by atoms with Gasteiger partial charge in [-0.05, 0) is 38.0 Å². The molecule has 0 spiro atoms. The van der Waals surface area contributed by atoms with Crippen LogP contribution in [0.2, 0.25) is 0 Å². The highest BCUT2D eigenvalue weighted by atomic mass is 16.5. The predicted molar refractivity (Wildman–Crippen MR) is 87.6 cm³/mol. The Labute approximate surface area is 131 Å². The number of ether oxygens (including phenoxy) is 2. The molecule has 5 heteroatoms. The Morgan fingerprint density at radius 2 is 1.91 bits per heavy atom. The van der Waals surface area contributed by atoms with Crippen molar-refractivity contribution < 1.29 is 9.47 Å². The standard InChI is InChI=1S/C17H23N3O2/c1-5-10-22-17-11-16(19-13(3)20-17)18-12(2)14-6-8-15(21-4)9-7-14/h6-9,11-12H,5,10H2,1-4H3,(H,18,19,20). The summed E-state index contributed by atoms with van der Waals surface area (Å²) in [4.78, 5) is 8.70. The summed E-state index contributed by atoms with van der Waals surface area (Å²) in [5.41, 5.74) is 1.16. The maximum Gasteiger partial charge on any atom is 0.218 e. The molecule has 0 aliphatic carbocycles. The van der Waals surface area contributed by atoms with Crippen LogP contribution in [0.5, 0.6) is 11.6 Å². The first-order valence-corrected chi connectivity index (χ1v) is 7.51. The normalized spacial score (nSPS) is 11.8. The molecule has 0 saturated carbocycles. The molecule has 1 aromatic carbocycles. The molecule has 1 atom stereocenters. The lowest BCUT2D eigenvalue weighted by atomic mass is 10.1. The Morgan fingerprint density at radius 3 is 2.55 bits per heavy atom. The Bertz CT molecular complexity index is 599. The van der Waals surface area contributed by atoms with Gasteiger partial charge in [0.05, 0.1) is 13.7 Å². The maximum absolute atomic E-state index is 5.59. The highest BCUT2D eigenvalue weighted by Crippen LogP contribution is 2.22. The SMILES string of the molecule is CCCOc1cc(NC(C)c2ccc(OC)cc2)nc(C)n1. The van der Waals surface area contributed by atoms with E-state index in [-0.39, 0.29) is 6.04 Å². The Kier molecular flexibility index (Phi) is 5.58. The summed E-state index contributed by atoms with van der Waals surface area (Å²) >= 11 is 0. The third-order valence-electron chi connectivity index (χ3n) is 3.25. The fourth-order valence-electron chi connectivity index (χ4n) is 2.09. The van der Waals surface area contributed by atoms with Gasteiger partial charge in [0, 0.05) is 12.1 Å². The number of nitrogens with zero attached hydrogens (tertiary/aromatic N) is 2. The van der Waals surface area contributed by atoms with Gasteiger partial charge in [0.1, 0.15) is 17.4 Å². The van der Waals surface area contributed by atoms with Gasteiger partial charge in [0.25, 0.3) is 0 Å². The van der Waals surface area contributed by atoms with E-state index >= 15 is 0 Å². The molecule has 2 aromatic rings. The smallest absolute Gasteiger partial charge is 0.218 e. The van der Waals surface area contributed by atoms with Gasteiger partial charge in [-0.2, -0.15) is 4.98 Å². The van der Waals surface area contributed by atoms with Gasteiger partial charge in [-0.25, -0.2) is 4.98 Å². The second kappa shape index (κ2) is 7.64. The zero-order valence-corrected chi connectivity index (χ0v) is 13.6. The second-order valence-electron chi connectivity index (χ2n) is 5.13. The molecule has 2 rings (SSSR count). The van der Waals surface area contributed by atoms with Gasteiger partial charge in [-0.3, -0.25) is 0 Å². The van der Waals surface area contributed by atoms with Crippen molar-refractivity contribution in [3.63, 3.8) is 0 Å². The number of aromatic nitrogens is 2. The third kappa shape index (κ3) is 4.35. The van der Waals surface area contributed by atoms with Gasteiger partial charge in [0.15, 0.2) is 0 Å². The van der Waals surface area contributed by atoms with E-state index in [1.165, 1.54) is 0 Å². The average Bonchev–Trinajstić information content (AvgIpc) is 2.52. The topological polar surface area (TPSA) is 56.3 Å². The number of hydrogen-bond donors (Lipinski definition) is 1. The first-order valence-electron chi connectivity index (χ1n) is 7.51. The van der Waals surface area contributed by atoms with Crippen molar-refractivity contribution in [3.05, 3.63) is 41.7 Å². The fraction of sp³-hybridized carbons (Fsp3) is 0.412. The minimum atomic E-state index is 0.124. The van der Waals surface area contributed by atoms with Crippen molar-refractivity contribution in [1.82, 2.24) is 9.97 Å². The van der Waals surface area contributed by atoms with E-state index in [1.54, 1.807) is 7.11 Å². The third-order valence-corrected chi connectivity index (χ3v) is 3.25. The van der Waals surface area contributed by atoms with Crippen LogP contribution in [0.25, 0.3) is 0 Å². The average molecular weight is 301 g/mol. The fourth-order valence-corrected chi connectivity index (χ4v) is 2.09. The molecule has 0 aliphatic heterocycles. The number of rotatable bonds is 7. The number of methoxy groups -OCH3 is 1. The first-order chi connectivity index (χ1) is 10.6. The van der Waals surface area contributed by atoms with Gasteiger partial charge >= 0.3 is 0 Å². The molecule has 0 aliphatic rings. The predicted octanol–water partition coefficient (Wildman–Crippen LogP) is 3.76. The van der Waals surface area contributed by atoms with E-state index in [4.69, 9.17) is 9.47 Å². The molecule has 0 fully saturated rings. The highest BCUT2D eigenvalue weighted by molar-refractivity contribution is 5.42. The van der Waals surface area contributed by atoms with Crippen LogP contribution >= 0.6 is 0 Å². The van der Waals surface area contributed by atoms with Crippen molar-refractivity contribution in [2.24, 2.45) is 0 Å². The van der Waals surface area contributed by atoms with E-state index in [0.717, 1.165) is 23.6 Å². The number of benzene rings is 1. The van der Waals surface area contributed by atoms with Crippen LogP contribution in [0.3, 0.4) is 0 Å². The maximum atomic E-state index is 5.59. The minimum absolute atomic E-state index is 0.124. The summed E-state index contributed by atoms with van der Waals surface area (Å²) in [6, 6.07) is 9.95. The molecule has 0 bridgehead atoms. The number of hydrogen-bond acceptors (Lipinski definition) is 5.